The summed E-state index contributed by atoms with van der Waals surface area (Å²) in [5.41, 5.74) is 2.52. The average Bonchev–Trinajstić information content (AvgIpc) is 2.69. The van der Waals surface area contributed by atoms with Crippen LogP contribution in [0, 0.1) is 4.84 Å². The molecular weight excluding hydrogens is 246 g/mol. The van der Waals surface area contributed by atoms with Crippen molar-refractivity contribution in [2.75, 3.05) is 0 Å². The molecule has 0 saturated heterocycles. The van der Waals surface area contributed by atoms with Crippen LogP contribution >= 0.6 is 12.2 Å². The average molecular weight is 257 g/mol. The summed E-state index contributed by atoms with van der Waals surface area (Å²) in [6.45, 7) is 0.503. The number of oxazole rings is 1. The molecule has 3 rings (SSSR count). The van der Waals surface area contributed by atoms with Gasteiger partial charge in [-0.25, -0.2) is 0 Å². The predicted octanol–water partition coefficient (Wildman–Crippen LogP) is 3.72. The number of nitrogens with zero attached hydrogens (tertiary/aromatic N) is 1. The molecule has 3 nitrogen and oxygen atoms in total. The van der Waals surface area contributed by atoms with E-state index in [0.717, 1.165) is 16.7 Å². The normalized spacial score (nSPS) is 10.9. The summed E-state index contributed by atoms with van der Waals surface area (Å²) in [7, 11) is 0. The van der Waals surface area contributed by atoms with E-state index in [1.807, 2.05) is 41.0 Å². The summed E-state index contributed by atoms with van der Waals surface area (Å²) < 4.78 is 7.38. The smallest absolute Gasteiger partial charge is 0.269 e. The highest BCUT2D eigenvalue weighted by Crippen LogP contribution is 2.22. The van der Waals surface area contributed by atoms with Gasteiger partial charge < -0.3 is 9.52 Å². The lowest BCUT2D eigenvalue weighted by Crippen LogP contribution is -1.99. The molecule has 0 aliphatic rings. The van der Waals surface area contributed by atoms with E-state index in [-0.39, 0.29) is 5.75 Å². The first-order valence-corrected chi connectivity index (χ1v) is 6.02. The minimum Gasteiger partial charge on any atom is -0.508 e. The highest BCUT2D eigenvalue weighted by molar-refractivity contribution is 7.71. The Morgan fingerprint density at radius 1 is 1.06 bits per heavy atom. The Kier molecular flexibility index (Phi) is 2.64. The number of phenols is 1. The van der Waals surface area contributed by atoms with Gasteiger partial charge in [0.1, 0.15) is 5.75 Å². The van der Waals surface area contributed by atoms with Gasteiger partial charge in [-0.15, -0.1) is 0 Å². The highest BCUT2D eigenvalue weighted by Gasteiger charge is 2.08. The second-order valence-corrected chi connectivity index (χ2v) is 4.40. The summed E-state index contributed by atoms with van der Waals surface area (Å²) in [5.74, 6) is 0.268. The molecular formula is C14H11NO2S. The Morgan fingerprint density at radius 3 is 2.61 bits per heavy atom. The van der Waals surface area contributed by atoms with E-state index in [9.17, 15) is 5.11 Å². The molecule has 0 bridgehead atoms. The first kappa shape index (κ1) is 11.0. The van der Waals surface area contributed by atoms with Gasteiger partial charge >= 0.3 is 0 Å². The van der Waals surface area contributed by atoms with E-state index in [4.69, 9.17) is 16.6 Å². The standard InChI is InChI=1S/C14H11NO2S/c16-12-7-3-1-5-10(12)9-15-11-6-2-4-8-13(11)17-14(15)18/h1-8,16H,9H2. The molecule has 4 heteroatoms. The predicted molar refractivity (Wildman–Crippen MR) is 72.2 cm³/mol. The Balaban J connectivity index is 2.13. The number of fused-ring (bicyclic) bond motifs is 1. The zero-order valence-corrected chi connectivity index (χ0v) is 10.4. The van der Waals surface area contributed by atoms with Gasteiger partial charge in [0.25, 0.3) is 4.84 Å². The van der Waals surface area contributed by atoms with Crippen LogP contribution in [0.25, 0.3) is 11.1 Å². The Labute approximate surface area is 109 Å². The van der Waals surface area contributed by atoms with Gasteiger partial charge in [-0.1, -0.05) is 30.3 Å². The molecule has 1 heterocycles. The number of aromatic nitrogens is 1. The SMILES string of the molecule is Oc1ccccc1Cn1c(=S)oc2ccccc21. The molecule has 1 N–H and O–H groups in total. The van der Waals surface area contributed by atoms with Crippen molar-refractivity contribution in [1.82, 2.24) is 4.57 Å². The second-order valence-electron chi connectivity index (χ2n) is 4.05. The van der Waals surface area contributed by atoms with E-state index in [2.05, 4.69) is 0 Å². The molecule has 0 fully saturated rings. The molecule has 18 heavy (non-hydrogen) atoms. The van der Waals surface area contributed by atoms with Crippen LogP contribution in [0.2, 0.25) is 0 Å². The largest absolute Gasteiger partial charge is 0.508 e. The lowest BCUT2D eigenvalue weighted by molar-refractivity contribution is 0.464. The van der Waals surface area contributed by atoms with E-state index in [1.54, 1.807) is 12.1 Å². The van der Waals surface area contributed by atoms with Crippen LogP contribution in [0.3, 0.4) is 0 Å². The zero-order valence-electron chi connectivity index (χ0n) is 9.54. The van der Waals surface area contributed by atoms with Gasteiger partial charge in [0.05, 0.1) is 12.1 Å². The summed E-state index contributed by atoms with van der Waals surface area (Å²) >= 11 is 5.21. The quantitative estimate of drug-likeness (QED) is 0.711. The topological polar surface area (TPSA) is 38.3 Å². The maximum atomic E-state index is 9.79. The molecule has 0 radical (unpaired) electrons. The van der Waals surface area contributed by atoms with Crippen molar-refractivity contribution < 1.29 is 9.52 Å². The van der Waals surface area contributed by atoms with Crippen LogP contribution in [0.5, 0.6) is 5.75 Å². The first-order chi connectivity index (χ1) is 8.75. The fraction of sp³-hybridized carbons (Fsp3) is 0.0714. The molecule has 0 aliphatic carbocycles. The summed E-state index contributed by atoms with van der Waals surface area (Å²) in [6, 6.07) is 14.9. The number of aromatic hydroxyl groups is 1. The van der Waals surface area contributed by atoms with E-state index >= 15 is 0 Å². The van der Waals surface area contributed by atoms with Crippen molar-refractivity contribution >= 4 is 23.3 Å². The van der Waals surface area contributed by atoms with Crippen LogP contribution in [0.4, 0.5) is 0 Å². The van der Waals surface area contributed by atoms with Gasteiger partial charge in [-0.2, -0.15) is 0 Å². The Hall–Kier alpha value is -2.07. The monoisotopic (exact) mass is 257 g/mol. The molecule has 1 aromatic heterocycles. The second kappa shape index (κ2) is 4.31. The maximum absolute atomic E-state index is 9.79. The molecule has 0 spiro atoms. The number of para-hydroxylation sites is 3. The maximum Gasteiger partial charge on any atom is 0.269 e. The van der Waals surface area contributed by atoms with Crippen molar-refractivity contribution in [2.45, 2.75) is 6.54 Å². The lowest BCUT2D eigenvalue weighted by Gasteiger charge is -2.05. The zero-order chi connectivity index (χ0) is 12.5. The van der Waals surface area contributed by atoms with Crippen molar-refractivity contribution in [3.63, 3.8) is 0 Å². The molecule has 0 atom stereocenters. The number of benzene rings is 2. The van der Waals surface area contributed by atoms with E-state index < -0.39 is 0 Å². The molecule has 0 saturated carbocycles. The third kappa shape index (κ3) is 1.80. The molecule has 0 amide bonds. The van der Waals surface area contributed by atoms with Crippen molar-refractivity contribution in [2.24, 2.45) is 0 Å². The molecule has 2 aromatic carbocycles. The minimum atomic E-state index is 0.268. The van der Waals surface area contributed by atoms with Crippen LogP contribution in [-0.4, -0.2) is 9.67 Å². The van der Waals surface area contributed by atoms with Crippen molar-refractivity contribution in [3.8, 4) is 5.75 Å². The fourth-order valence-electron chi connectivity index (χ4n) is 1.98. The summed E-state index contributed by atoms with van der Waals surface area (Å²) in [5, 5.41) is 9.79. The molecule has 0 unspecified atom stereocenters. The van der Waals surface area contributed by atoms with E-state index in [0.29, 0.717) is 11.4 Å². The van der Waals surface area contributed by atoms with Crippen LogP contribution < -0.4 is 0 Å². The molecule has 0 aliphatic heterocycles. The third-order valence-electron chi connectivity index (χ3n) is 2.89. The Bertz CT molecular complexity index is 758. The van der Waals surface area contributed by atoms with Crippen LogP contribution in [0.15, 0.2) is 52.9 Å². The summed E-state index contributed by atoms with van der Waals surface area (Å²) in [6.07, 6.45) is 0. The van der Waals surface area contributed by atoms with Gasteiger partial charge in [0.2, 0.25) is 0 Å². The highest BCUT2D eigenvalue weighted by atomic mass is 32.1. The van der Waals surface area contributed by atoms with Crippen molar-refractivity contribution in [3.05, 3.63) is 58.9 Å². The molecule has 3 aromatic rings. The van der Waals surface area contributed by atoms with Crippen molar-refractivity contribution in [1.29, 1.82) is 0 Å². The fourth-order valence-corrected chi connectivity index (χ4v) is 2.23. The van der Waals surface area contributed by atoms with Crippen LogP contribution in [0.1, 0.15) is 5.56 Å². The lowest BCUT2D eigenvalue weighted by atomic mass is 10.2. The van der Waals surface area contributed by atoms with Crippen LogP contribution in [-0.2, 0) is 6.54 Å². The Morgan fingerprint density at radius 2 is 1.78 bits per heavy atom. The number of phenolic OH excluding ortho intramolecular Hbond substituents is 1. The first-order valence-electron chi connectivity index (χ1n) is 5.61. The number of hydrogen-bond acceptors (Lipinski definition) is 3. The number of rotatable bonds is 2. The molecule has 90 valence electrons. The van der Waals surface area contributed by atoms with Gasteiger partial charge in [-0.3, -0.25) is 4.57 Å². The minimum absolute atomic E-state index is 0.268. The van der Waals surface area contributed by atoms with E-state index in [1.165, 1.54) is 0 Å². The number of hydrogen-bond donors (Lipinski definition) is 1. The summed E-state index contributed by atoms with van der Waals surface area (Å²) in [4.78, 5) is 0.416. The van der Waals surface area contributed by atoms with Gasteiger partial charge in [-0.05, 0) is 30.4 Å². The van der Waals surface area contributed by atoms with Gasteiger partial charge in [0.15, 0.2) is 5.58 Å². The third-order valence-corrected chi connectivity index (χ3v) is 3.20. The van der Waals surface area contributed by atoms with Gasteiger partial charge in [0, 0.05) is 5.56 Å².